The maximum Gasteiger partial charge on any atom is 0.323 e. The van der Waals surface area contributed by atoms with Crippen LogP contribution in [0.1, 0.15) is 78.2 Å². The summed E-state index contributed by atoms with van der Waals surface area (Å²) in [4.78, 5) is 41.5. The number of hydrogen-bond donors (Lipinski definition) is 0. The Kier molecular flexibility index (Phi) is 7.37. The SMILES string of the molecule is COC(=O)C1(C(=O)OC)CC(c2ccc(C(C)(C)C)cc2)c2c(n(C)c3ccccc23)C1CC(=O)c1ccccc1. The van der Waals surface area contributed by atoms with Crippen LogP contribution in [0.4, 0.5) is 0 Å². The Morgan fingerprint density at radius 3 is 2.02 bits per heavy atom. The van der Waals surface area contributed by atoms with Crippen LogP contribution in [-0.4, -0.2) is 36.5 Å². The molecule has 2 unspecified atom stereocenters. The summed E-state index contributed by atoms with van der Waals surface area (Å²) in [6.45, 7) is 6.50. The number of fused-ring (bicyclic) bond motifs is 3. The van der Waals surface area contributed by atoms with Gasteiger partial charge in [0, 0.05) is 47.5 Å². The summed E-state index contributed by atoms with van der Waals surface area (Å²) in [5, 5.41) is 1.04. The van der Waals surface area contributed by atoms with Crippen LogP contribution in [0.25, 0.3) is 10.9 Å². The number of ether oxygens (including phenoxy) is 2. The van der Waals surface area contributed by atoms with Crippen molar-refractivity contribution in [2.45, 2.75) is 50.9 Å². The molecule has 2 atom stereocenters. The first kappa shape index (κ1) is 28.3. The molecule has 6 nitrogen and oxygen atoms in total. The molecule has 0 spiro atoms. The van der Waals surface area contributed by atoms with Gasteiger partial charge in [-0.05, 0) is 34.6 Å². The molecule has 0 aliphatic heterocycles. The van der Waals surface area contributed by atoms with Crippen LogP contribution < -0.4 is 0 Å². The second-order valence-electron chi connectivity index (χ2n) is 12.0. The molecule has 1 aromatic heterocycles. The van der Waals surface area contributed by atoms with Crippen molar-refractivity contribution >= 4 is 28.6 Å². The van der Waals surface area contributed by atoms with Crippen molar-refractivity contribution in [2.75, 3.05) is 14.2 Å². The number of nitrogens with zero attached hydrogens (tertiary/aromatic N) is 1. The van der Waals surface area contributed by atoms with Gasteiger partial charge in [0.05, 0.1) is 14.2 Å². The molecule has 0 radical (unpaired) electrons. The van der Waals surface area contributed by atoms with Crippen LogP contribution in [0.3, 0.4) is 0 Å². The lowest BCUT2D eigenvalue weighted by Gasteiger charge is -2.43. The molecule has 0 saturated heterocycles. The Bertz CT molecular complexity index is 1590. The Balaban J connectivity index is 1.80. The van der Waals surface area contributed by atoms with E-state index >= 15 is 0 Å². The number of carbonyl (C=O) groups excluding carboxylic acids is 3. The Morgan fingerprint density at radius 2 is 1.44 bits per heavy atom. The second-order valence-corrected chi connectivity index (χ2v) is 12.0. The number of benzene rings is 3. The monoisotopic (exact) mass is 551 g/mol. The highest BCUT2D eigenvalue weighted by Crippen LogP contribution is 2.57. The standard InChI is InChI=1S/C35H37NO5/c1-34(2,3)24-18-16-22(17-19-24)26-21-35(32(38)40-5,33(39)41-6)27(20-29(37)23-12-8-7-9-13-23)31-30(26)25-14-10-11-15-28(25)36(31)4/h7-19,26-27H,20-21H2,1-6H3. The van der Waals surface area contributed by atoms with E-state index in [1.54, 1.807) is 12.1 Å². The predicted molar refractivity (Wildman–Crippen MR) is 159 cm³/mol. The Hall–Kier alpha value is -4.19. The fourth-order valence-corrected chi connectivity index (χ4v) is 6.63. The molecule has 0 fully saturated rings. The van der Waals surface area contributed by atoms with Crippen molar-refractivity contribution in [3.8, 4) is 0 Å². The zero-order valence-electron chi connectivity index (χ0n) is 24.6. The van der Waals surface area contributed by atoms with Gasteiger partial charge in [0.1, 0.15) is 0 Å². The molecule has 0 amide bonds. The lowest BCUT2D eigenvalue weighted by molar-refractivity contribution is -0.173. The normalized spacial score (nSPS) is 18.0. The molecule has 1 aliphatic carbocycles. The molecule has 0 bridgehead atoms. The number of ketones is 1. The quantitative estimate of drug-likeness (QED) is 0.151. The van der Waals surface area contributed by atoms with Crippen LogP contribution in [-0.2, 0) is 31.5 Å². The molecular formula is C35H37NO5. The largest absolute Gasteiger partial charge is 0.468 e. The van der Waals surface area contributed by atoms with E-state index in [0.29, 0.717) is 5.56 Å². The number of methoxy groups -OCH3 is 2. The predicted octanol–water partition coefficient (Wildman–Crippen LogP) is 6.70. The van der Waals surface area contributed by atoms with Crippen molar-refractivity contribution in [1.82, 2.24) is 4.57 Å². The average molecular weight is 552 g/mol. The highest BCUT2D eigenvalue weighted by Gasteiger charge is 2.61. The summed E-state index contributed by atoms with van der Waals surface area (Å²) in [7, 11) is 4.51. The van der Waals surface area contributed by atoms with E-state index in [1.165, 1.54) is 19.8 Å². The van der Waals surface area contributed by atoms with Gasteiger partial charge in [0.15, 0.2) is 11.2 Å². The summed E-state index contributed by atoms with van der Waals surface area (Å²) in [6, 6.07) is 25.4. The number of rotatable bonds is 6. The summed E-state index contributed by atoms with van der Waals surface area (Å²) in [5.41, 5.74) is 3.72. The van der Waals surface area contributed by atoms with E-state index in [2.05, 4.69) is 51.1 Å². The lowest BCUT2D eigenvalue weighted by Crippen LogP contribution is -2.50. The fourth-order valence-electron chi connectivity index (χ4n) is 6.63. The minimum atomic E-state index is -1.73. The van der Waals surface area contributed by atoms with Gasteiger partial charge >= 0.3 is 11.9 Å². The number of hydrogen-bond acceptors (Lipinski definition) is 5. The van der Waals surface area contributed by atoms with Crippen molar-refractivity contribution in [3.05, 3.63) is 107 Å². The number of carbonyl (C=O) groups is 3. The zero-order chi connectivity index (χ0) is 29.5. The minimum Gasteiger partial charge on any atom is -0.468 e. The average Bonchev–Trinajstić information content (AvgIpc) is 3.28. The molecule has 0 saturated carbocycles. The van der Waals surface area contributed by atoms with Crippen molar-refractivity contribution in [2.24, 2.45) is 12.5 Å². The third kappa shape index (κ3) is 4.65. The van der Waals surface area contributed by atoms with Gasteiger partial charge in [0.2, 0.25) is 0 Å². The Labute approximate surface area is 241 Å². The first-order valence-corrected chi connectivity index (χ1v) is 14.0. The first-order chi connectivity index (χ1) is 19.5. The molecule has 4 aromatic rings. The zero-order valence-corrected chi connectivity index (χ0v) is 24.6. The number of aryl methyl sites for hydroxylation is 1. The van der Waals surface area contributed by atoms with Crippen LogP contribution >= 0.6 is 0 Å². The van der Waals surface area contributed by atoms with Gasteiger partial charge in [-0.25, -0.2) is 0 Å². The number of esters is 2. The summed E-state index contributed by atoms with van der Waals surface area (Å²) in [5.74, 6) is -2.65. The van der Waals surface area contributed by atoms with Crippen LogP contribution in [0, 0.1) is 5.41 Å². The van der Waals surface area contributed by atoms with Gasteiger partial charge in [-0.15, -0.1) is 0 Å². The molecule has 212 valence electrons. The smallest absolute Gasteiger partial charge is 0.323 e. The molecule has 1 heterocycles. The van der Waals surface area contributed by atoms with Crippen molar-refractivity contribution in [1.29, 1.82) is 0 Å². The molecule has 5 rings (SSSR count). The van der Waals surface area contributed by atoms with E-state index in [1.807, 2.05) is 48.0 Å². The third-order valence-corrected chi connectivity index (χ3v) is 8.76. The van der Waals surface area contributed by atoms with Gasteiger partial charge in [-0.2, -0.15) is 0 Å². The van der Waals surface area contributed by atoms with Gasteiger partial charge < -0.3 is 14.0 Å². The van der Waals surface area contributed by atoms with Crippen molar-refractivity contribution in [3.63, 3.8) is 0 Å². The Morgan fingerprint density at radius 1 is 0.854 bits per heavy atom. The van der Waals surface area contributed by atoms with Crippen LogP contribution in [0.15, 0.2) is 78.9 Å². The van der Waals surface area contributed by atoms with Gasteiger partial charge in [-0.1, -0.05) is 93.6 Å². The van der Waals surface area contributed by atoms with Gasteiger partial charge in [0.25, 0.3) is 0 Å². The summed E-state index contributed by atoms with van der Waals surface area (Å²) in [6.07, 6.45) is 0.0655. The number of para-hydroxylation sites is 1. The number of Topliss-reactive ketones (excluding diaryl/α,β-unsaturated/α-hetero) is 1. The summed E-state index contributed by atoms with van der Waals surface area (Å²) >= 11 is 0. The maximum absolute atomic E-state index is 13.9. The fraction of sp³-hybridized carbons (Fsp3) is 0.343. The van der Waals surface area contributed by atoms with E-state index in [0.717, 1.165) is 27.7 Å². The van der Waals surface area contributed by atoms with Crippen LogP contribution in [0.2, 0.25) is 0 Å². The highest BCUT2D eigenvalue weighted by molar-refractivity contribution is 6.05. The second kappa shape index (κ2) is 10.7. The number of aromatic nitrogens is 1. The molecular weight excluding hydrogens is 514 g/mol. The van der Waals surface area contributed by atoms with E-state index in [4.69, 9.17) is 9.47 Å². The first-order valence-electron chi connectivity index (χ1n) is 14.0. The third-order valence-electron chi connectivity index (χ3n) is 8.76. The molecule has 41 heavy (non-hydrogen) atoms. The minimum absolute atomic E-state index is 0.0274. The van der Waals surface area contributed by atoms with Crippen LogP contribution in [0.5, 0.6) is 0 Å². The van der Waals surface area contributed by atoms with E-state index in [-0.39, 0.29) is 30.0 Å². The summed E-state index contributed by atoms with van der Waals surface area (Å²) < 4.78 is 12.7. The molecule has 3 aromatic carbocycles. The molecule has 6 heteroatoms. The lowest BCUT2D eigenvalue weighted by atomic mass is 9.59. The van der Waals surface area contributed by atoms with Crippen molar-refractivity contribution < 1.29 is 23.9 Å². The topological polar surface area (TPSA) is 74.6 Å². The van der Waals surface area contributed by atoms with E-state index < -0.39 is 23.3 Å². The maximum atomic E-state index is 13.9. The molecule has 0 N–H and O–H groups in total. The highest BCUT2D eigenvalue weighted by atomic mass is 16.5. The van der Waals surface area contributed by atoms with E-state index in [9.17, 15) is 14.4 Å². The van der Waals surface area contributed by atoms with Gasteiger partial charge in [-0.3, -0.25) is 14.4 Å². The molecule has 1 aliphatic rings.